The van der Waals surface area contributed by atoms with E-state index in [4.69, 9.17) is 10.5 Å². The number of methoxy groups -OCH3 is 1. The van der Waals surface area contributed by atoms with E-state index >= 15 is 0 Å². The van der Waals surface area contributed by atoms with Crippen LogP contribution in [0.1, 0.15) is 31.2 Å². The molecule has 3 heterocycles. The van der Waals surface area contributed by atoms with Crippen molar-refractivity contribution in [3.63, 3.8) is 0 Å². The van der Waals surface area contributed by atoms with Crippen LogP contribution in [0, 0.1) is 5.92 Å². The Morgan fingerprint density at radius 1 is 1.18 bits per heavy atom. The molecule has 1 aromatic carbocycles. The minimum absolute atomic E-state index is 0.209. The number of piperidine rings is 1. The van der Waals surface area contributed by atoms with Gasteiger partial charge in [-0.15, -0.1) is 0 Å². The molecule has 1 aromatic heterocycles. The number of likely N-dealkylation sites (tertiary alicyclic amines) is 2. The van der Waals surface area contributed by atoms with E-state index in [1.807, 2.05) is 16.7 Å². The van der Waals surface area contributed by atoms with Crippen molar-refractivity contribution in [2.45, 2.75) is 38.8 Å². The lowest BCUT2D eigenvalue weighted by molar-refractivity contribution is -0.118. The van der Waals surface area contributed by atoms with Gasteiger partial charge in [0, 0.05) is 36.7 Å². The monoisotopic (exact) mass is 384 g/mol. The molecular formula is C22H32N4O2. The summed E-state index contributed by atoms with van der Waals surface area (Å²) in [4.78, 5) is 16.7. The topological polar surface area (TPSA) is 63.7 Å². The van der Waals surface area contributed by atoms with Crippen LogP contribution in [0.15, 0.2) is 24.4 Å². The van der Waals surface area contributed by atoms with E-state index in [1.165, 1.54) is 50.9 Å². The summed E-state index contributed by atoms with van der Waals surface area (Å²) in [6.45, 7) is 7.21. The molecule has 152 valence electrons. The fourth-order valence-electron chi connectivity index (χ4n) is 4.92. The summed E-state index contributed by atoms with van der Waals surface area (Å²) in [6, 6.07) is 6.04. The Balaban J connectivity index is 1.51. The zero-order chi connectivity index (χ0) is 19.5. The smallest absolute Gasteiger partial charge is 0.237 e. The lowest BCUT2D eigenvalue weighted by atomic mass is 9.97. The molecule has 1 unspecified atom stereocenters. The van der Waals surface area contributed by atoms with Gasteiger partial charge < -0.3 is 19.9 Å². The van der Waals surface area contributed by atoms with E-state index in [2.05, 4.69) is 22.1 Å². The number of fused-ring (bicyclic) bond motifs is 1. The number of ether oxygens (including phenoxy) is 1. The molecule has 28 heavy (non-hydrogen) atoms. The van der Waals surface area contributed by atoms with Crippen LogP contribution in [0.4, 0.5) is 0 Å². The number of nitrogens with zero attached hydrogens (tertiary/aromatic N) is 3. The minimum Gasteiger partial charge on any atom is -0.497 e. The fraction of sp³-hybridized carbons (Fsp3) is 0.591. The van der Waals surface area contributed by atoms with Crippen LogP contribution < -0.4 is 10.5 Å². The highest BCUT2D eigenvalue weighted by Crippen LogP contribution is 2.29. The predicted octanol–water partition coefficient (Wildman–Crippen LogP) is 2.44. The van der Waals surface area contributed by atoms with Crippen molar-refractivity contribution in [2.24, 2.45) is 11.7 Å². The minimum atomic E-state index is -0.317. The summed E-state index contributed by atoms with van der Waals surface area (Å²) in [5, 5.41) is 1.15. The van der Waals surface area contributed by atoms with Crippen molar-refractivity contribution in [1.82, 2.24) is 14.4 Å². The fourth-order valence-corrected chi connectivity index (χ4v) is 4.92. The maximum Gasteiger partial charge on any atom is 0.237 e. The first-order valence-corrected chi connectivity index (χ1v) is 10.5. The number of nitrogens with two attached hydrogens (primary N) is 1. The van der Waals surface area contributed by atoms with Crippen molar-refractivity contribution in [2.75, 3.05) is 39.8 Å². The van der Waals surface area contributed by atoms with Crippen LogP contribution in [-0.2, 0) is 17.9 Å². The van der Waals surface area contributed by atoms with Crippen LogP contribution >= 0.6 is 0 Å². The van der Waals surface area contributed by atoms with Crippen LogP contribution in [0.3, 0.4) is 0 Å². The number of hydrogen-bond donors (Lipinski definition) is 1. The van der Waals surface area contributed by atoms with E-state index in [-0.39, 0.29) is 12.5 Å². The Bertz CT molecular complexity index is 825. The third-order valence-electron chi connectivity index (χ3n) is 6.21. The maximum absolute atomic E-state index is 11.5. The highest BCUT2D eigenvalue weighted by atomic mass is 16.5. The van der Waals surface area contributed by atoms with Crippen LogP contribution in [0.2, 0.25) is 0 Å². The van der Waals surface area contributed by atoms with Gasteiger partial charge in [0.25, 0.3) is 0 Å². The number of benzene rings is 1. The largest absolute Gasteiger partial charge is 0.497 e. The molecule has 0 aliphatic carbocycles. The number of carbonyl (C=O) groups is 1. The van der Waals surface area contributed by atoms with E-state index in [1.54, 1.807) is 7.11 Å². The lowest BCUT2D eigenvalue weighted by Crippen LogP contribution is -2.40. The quantitative estimate of drug-likeness (QED) is 0.796. The lowest BCUT2D eigenvalue weighted by Gasteiger charge is -2.34. The highest BCUT2D eigenvalue weighted by Gasteiger charge is 2.24. The standard InChI is InChI=1S/C22H32N4O2/c1-28-19-6-7-21-20(11-19)18(15-26(21)16-22(23)27)14-25-10-4-5-17(13-25)12-24-8-2-3-9-24/h6-7,11,15,17H,2-5,8-10,12-14,16H2,1H3,(H2,23,27). The number of primary amides is 1. The molecule has 0 saturated carbocycles. The number of amides is 1. The van der Waals surface area contributed by atoms with Crippen molar-refractivity contribution in [3.05, 3.63) is 30.0 Å². The summed E-state index contributed by atoms with van der Waals surface area (Å²) >= 11 is 0. The third-order valence-corrected chi connectivity index (χ3v) is 6.21. The molecule has 2 saturated heterocycles. The zero-order valence-corrected chi connectivity index (χ0v) is 16.9. The van der Waals surface area contributed by atoms with Crippen LogP contribution in [0.25, 0.3) is 10.9 Å². The Labute approximate surface area is 167 Å². The van der Waals surface area contributed by atoms with Crippen molar-refractivity contribution in [3.8, 4) is 5.75 Å². The molecule has 1 amide bonds. The molecule has 2 aliphatic heterocycles. The summed E-state index contributed by atoms with van der Waals surface area (Å²) in [6.07, 6.45) is 7.42. The van der Waals surface area contributed by atoms with Crippen molar-refractivity contribution in [1.29, 1.82) is 0 Å². The maximum atomic E-state index is 11.5. The van der Waals surface area contributed by atoms with E-state index in [0.717, 1.165) is 42.2 Å². The molecule has 2 aromatic rings. The summed E-state index contributed by atoms with van der Waals surface area (Å²) in [5.74, 6) is 1.29. The van der Waals surface area contributed by atoms with Gasteiger partial charge in [-0.25, -0.2) is 0 Å². The number of hydrogen-bond acceptors (Lipinski definition) is 4. The zero-order valence-electron chi connectivity index (χ0n) is 16.9. The summed E-state index contributed by atoms with van der Waals surface area (Å²) < 4.78 is 7.40. The Morgan fingerprint density at radius 3 is 2.71 bits per heavy atom. The molecule has 0 bridgehead atoms. The second-order valence-electron chi connectivity index (χ2n) is 8.38. The van der Waals surface area contributed by atoms with Gasteiger partial charge in [-0.2, -0.15) is 0 Å². The van der Waals surface area contributed by atoms with Gasteiger partial charge in [-0.1, -0.05) is 0 Å². The van der Waals surface area contributed by atoms with E-state index < -0.39 is 0 Å². The Hall–Kier alpha value is -2.05. The molecule has 2 fully saturated rings. The molecule has 4 rings (SSSR count). The van der Waals surface area contributed by atoms with Gasteiger partial charge in [0.1, 0.15) is 12.3 Å². The summed E-state index contributed by atoms with van der Waals surface area (Å²) in [7, 11) is 1.69. The van der Waals surface area contributed by atoms with Gasteiger partial charge in [0.05, 0.1) is 7.11 Å². The number of carbonyl (C=O) groups excluding carboxylic acids is 1. The van der Waals surface area contributed by atoms with Crippen molar-refractivity contribution >= 4 is 16.8 Å². The SMILES string of the molecule is COc1ccc2c(c1)c(CN1CCCC(CN3CCCC3)C1)cn2CC(N)=O. The molecule has 1 atom stereocenters. The molecule has 6 heteroatoms. The molecule has 0 spiro atoms. The Morgan fingerprint density at radius 2 is 1.96 bits per heavy atom. The van der Waals surface area contributed by atoms with Crippen molar-refractivity contribution < 1.29 is 9.53 Å². The van der Waals surface area contributed by atoms with Gasteiger partial charge in [0.2, 0.25) is 5.91 Å². The van der Waals surface area contributed by atoms with Gasteiger partial charge >= 0.3 is 0 Å². The molecule has 6 nitrogen and oxygen atoms in total. The Kier molecular flexibility index (Phi) is 5.87. The van der Waals surface area contributed by atoms with Gasteiger partial charge in [-0.3, -0.25) is 9.69 Å². The number of rotatable bonds is 7. The van der Waals surface area contributed by atoms with Crippen LogP contribution in [0.5, 0.6) is 5.75 Å². The van der Waals surface area contributed by atoms with Gasteiger partial charge in [0.15, 0.2) is 0 Å². The normalized spacial score (nSPS) is 21.4. The average Bonchev–Trinajstić information content (AvgIpc) is 3.30. The average molecular weight is 385 g/mol. The molecular weight excluding hydrogens is 352 g/mol. The first-order chi connectivity index (χ1) is 13.6. The van der Waals surface area contributed by atoms with E-state index in [9.17, 15) is 4.79 Å². The molecule has 0 radical (unpaired) electrons. The van der Waals surface area contributed by atoms with Gasteiger partial charge in [-0.05, 0) is 75.0 Å². The number of aromatic nitrogens is 1. The third kappa shape index (κ3) is 4.33. The molecule has 2 aliphatic rings. The summed E-state index contributed by atoms with van der Waals surface area (Å²) in [5.41, 5.74) is 7.75. The first kappa shape index (κ1) is 19.3. The highest BCUT2D eigenvalue weighted by molar-refractivity contribution is 5.87. The molecule has 2 N–H and O–H groups in total. The second-order valence-corrected chi connectivity index (χ2v) is 8.38. The van der Waals surface area contributed by atoms with Crippen LogP contribution in [-0.4, -0.2) is 60.1 Å². The first-order valence-electron chi connectivity index (χ1n) is 10.5. The van der Waals surface area contributed by atoms with E-state index in [0.29, 0.717) is 0 Å². The second kappa shape index (κ2) is 8.53. The predicted molar refractivity (Wildman–Crippen MR) is 111 cm³/mol.